The van der Waals surface area contributed by atoms with Crippen molar-refractivity contribution < 1.29 is 14.3 Å². The standard InChI is InChI=1S/C20H16N2O3S2/c1-13-21-15(12-26-13)10-24-16-8-6-14(7-9-16)20(23)25-11-19-22-17-4-2-3-5-18(17)27-19/h2-9,12H,10-11H2,1H3. The van der Waals surface area contributed by atoms with Crippen LogP contribution in [0.2, 0.25) is 0 Å². The highest BCUT2D eigenvalue weighted by Crippen LogP contribution is 2.22. The van der Waals surface area contributed by atoms with Gasteiger partial charge in [0.1, 0.15) is 24.0 Å². The van der Waals surface area contributed by atoms with E-state index in [0.29, 0.717) is 17.9 Å². The van der Waals surface area contributed by atoms with Crippen LogP contribution in [0.1, 0.15) is 26.1 Å². The minimum atomic E-state index is -0.379. The van der Waals surface area contributed by atoms with Crippen LogP contribution in [0.25, 0.3) is 10.2 Å². The number of esters is 1. The minimum Gasteiger partial charge on any atom is -0.487 e. The van der Waals surface area contributed by atoms with Crippen molar-refractivity contribution in [2.24, 2.45) is 0 Å². The summed E-state index contributed by atoms with van der Waals surface area (Å²) in [5, 5.41) is 3.77. The van der Waals surface area contributed by atoms with Gasteiger partial charge in [-0.25, -0.2) is 14.8 Å². The molecule has 0 aliphatic heterocycles. The number of rotatable bonds is 6. The van der Waals surface area contributed by atoms with Gasteiger partial charge in [-0.15, -0.1) is 22.7 Å². The highest BCUT2D eigenvalue weighted by Gasteiger charge is 2.10. The fraction of sp³-hybridized carbons (Fsp3) is 0.150. The normalized spacial score (nSPS) is 10.9. The Hall–Kier alpha value is -2.77. The maximum absolute atomic E-state index is 12.2. The summed E-state index contributed by atoms with van der Waals surface area (Å²) in [6.45, 7) is 2.54. The van der Waals surface area contributed by atoms with E-state index in [4.69, 9.17) is 9.47 Å². The molecule has 0 saturated carbocycles. The lowest BCUT2D eigenvalue weighted by atomic mass is 10.2. The molecule has 136 valence electrons. The van der Waals surface area contributed by atoms with Crippen LogP contribution in [0.4, 0.5) is 0 Å². The van der Waals surface area contributed by atoms with Gasteiger partial charge in [0.05, 0.1) is 26.5 Å². The Morgan fingerprint density at radius 2 is 1.85 bits per heavy atom. The van der Waals surface area contributed by atoms with Crippen molar-refractivity contribution in [1.82, 2.24) is 9.97 Å². The first-order valence-corrected chi connectivity index (χ1v) is 10.0. The summed E-state index contributed by atoms with van der Waals surface area (Å²) >= 11 is 3.12. The molecule has 0 unspecified atom stereocenters. The number of nitrogens with zero attached hydrogens (tertiary/aromatic N) is 2. The van der Waals surface area contributed by atoms with Gasteiger partial charge in [0.2, 0.25) is 0 Å². The Labute approximate surface area is 164 Å². The van der Waals surface area contributed by atoms with Crippen LogP contribution in [-0.2, 0) is 18.0 Å². The Balaban J connectivity index is 1.33. The second-order valence-corrected chi connectivity index (χ2v) is 8.00. The first-order valence-electron chi connectivity index (χ1n) is 8.33. The maximum atomic E-state index is 12.2. The van der Waals surface area contributed by atoms with E-state index >= 15 is 0 Å². The predicted octanol–water partition coefficient (Wildman–Crippen LogP) is 5.00. The van der Waals surface area contributed by atoms with Gasteiger partial charge in [0.15, 0.2) is 0 Å². The fourth-order valence-electron chi connectivity index (χ4n) is 2.51. The molecule has 7 heteroatoms. The average Bonchev–Trinajstić information content (AvgIpc) is 3.30. The zero-order valence-corrected chi connectivity index (χ0v) is 16.2. The lowest BCUT2D eigenvalue weighted by molar-refractivity contribution is 0.0472. The molecule has 2 aromatic carbocycles. The van der Waals surface area contributed by atoms with Crippen LogP contribution in [0.5, 0.6) is 5.75 Å². The van der Waals surface area contributed by atoms with E-state index in [9.17, 15) is 4.79 Å². The number of carbonyl (C=O) groups is 1. The first-order chi connectivity index (χ1) is 13.2. The average molecular weight is 396 g/mol. The minimum absolute atomic E-state index is 0.166. The number of aryl methyl sites for hydroxylation is 1. The van der Waals surface area contributed by atoms with Gasteiger partial charge < -0.3 is 9.47 Å². The third-order valence-electron chi connectivity index (χ3n) is 3.81. The molecule has 27 heavy (non-hydrogen) atoms. The fourth-order valence-corrected chi connectivity index (χ4v) is 3.99. The number of carbonyl (C=O) groups excluding carboxylic acids is 1. The van der Waals surface area contributed by atoms with E-state index in [-0.39, 0.29) is 12.6 Å². The summed E-state index contributed by atoms with van der Waals surface area (Å²) in [7, 11) is 0. The molecule has 0 saturated heterocycles. The van der Waals surface area contributed by atoms with Gasteiger partial charge in [-0.1, -0.05) is 12.1 Å². The number of benzene rings is 2. The molecule has 0 amide bonds. The van der Waals surface area contributed by atoms with Crippen LogP contribution in [-0.4, -0.2) is 15.9 Å². The zero-order chi connectivity index (χ0) is 18.6. The van der Waals surface area contributed by atoms with Crippen molar-refractivity contribution in [3.8, 4) is 5.75 Å². The largest absolute Gasteiger partial charge is 0.487 e. The van der Waals surface area contributed by atoms with Gasteiger partial charge in [-0.05, 0) is 43.3 Å². The molecule has 0 atom stereocenters. The van der Waals surface area contributed by atoms with E-state index in [1.54, 1.807) is 35.6 Å². The van der Waals surface area contributed by atoms with E-state index in [2.05, 4.69) is 9.97 Å². The summed E-state index contributed by atoms with van der Waals surface area (Å²) < 4.78 is 12.1. The molecule has 2 heterocycles. The van der Waals surface area contributed by atoms with Gasteiger partial charge in [-0.3, -0.25) is 0 Å². The van der Waals surface area contributed by atoms with Crippen molar-refractivity contribution in [1.29, 1.82) is 0 Å². The smallest absolute Gasteiger partial charge is 0.338 e. The highest BCUT2D eigenvalue weighted by atomic mass is 32.1. The summed E-state index contributed by atoms with van der Waals surface area (Å²) in [4.78, 5) is 21.1. The monoisotopic (exact) mass is 396 g/mol. The Morgan fingerprint density at radius 1 is 1.04 bits per heavy atom. The van der Waals surface area contributed by atoms with Crippen molar-refractivity contribution in [3.63, 3.8) is 0 Å². The molecule has 0 bridgehead atoms. The van der Waals surface area contributed by atoms with Crippen molar-refractivity contribution in [3.05, 3.63) is 75.2 Å². The molecule has 0 N–H and O–H groups in total. The molecule has 0 aliphatic rings. The molecule has 0 radical (unpaired) electrons. The predicted molar refractivity (Wildman–Crippen MR) is 106 cm³/mol. The Morgan fingerprint density at radius 3 is 2.59 bits per heavy atom. The Bertz CT molecular complexity index is 1040. The van der Waals surface area contributed by atoms with E-state index < -0.39 is 0 Å². The van der Waals surface area contributed by atoms with Crippen LogP contribution in [0.15, 0.2) is 53.9 Å². The lowest BCUT2D eigenvalue weighted by Crippen LogP contribution is -2.05. The van der Waals surface area contributed by atoms with Crippen LogP contribution >= 0.6 is 22.7 Å². The molecule has 0 spiro atoms. The number of thiazole rings is 2. The summed E-state index contributed by atoms with van der Waals surface area (Å²) in [6.07, 6.45) is 0. The number of aromatic nitrogens is 2. The summed E-state index contributed by atoms with van der Waals surface area (Å²) in [6, 6.07) is 14.8. The van der Waals surface area contributed by atoms with E-state index in [1.807, 2.05) is 36.6 Å². The molecule has 0 fully saturated rings. The highest BCUT2D eigenvalue weighted by molar-refractivity contribution is 7.18. The number of hydrogen-bond donors (Lipinski definition) is 0. The van der Waals surface area contributed by atoms with Gasteiger partial charge in [0, 0.05) is 5.38 Å². The molecule has 5 nitrogen and oxygen atoms in total. The first kappa shape index (κ1) is 17.6. The summed E-state index contributed by atoms with van der Waals surface area (Å²) in [5.74, 6) is 0.305. The maximum Gasteiger partial charge on any atom is 0.338 e. The van der Waals surface area contributed by atoms with Crippen LogP contribution in [0, 0.1) is 6.92 Å². The topological polar surface area (TPSA) is 61.3 Å². The second kappa shape index (κ2) is 7.85. The molecular weight excluding hydrogens is 380 g/mol. The number of hydrogen-bond acceptors (Lipinski definition) is 7. The van der Waals surface area contributed by atoms with Gasteiger partial charge >= 0.3 is 5.97 Å². The number of fused-ring (bicyclic) bond motifs is 1. The molecular formula is C20H16N2O3S2. The van der Waals surface area contributed by atoms with Gasteiger partial charge in [-0.2, -0.15) is 0 Å². The Kier molecular flexibility index (Phi) is 5.13. The van der Waals surface area contributed by atoms with Crippen molar-refractivity contribution in [2.45, 2.75) is 20.1 Å². The third kappa shape index (κ3) is 4.32. The van der Waals surface area contributed by atoms with Crippen LogP contribution in [0.3, 0.4) is 0 Å². The third-order valence-corrected chi connectivity index (χ3v) is 5.64. The van der Waals surface area contributed by atoms with Crippen LogP contribution < -0.4 is 4.74 Å². The molecule has 0 aliphatic carbocycles. The van der Waals surface area contributed by atoms with E-state index in [1.165, 1.54) is 11.3 Å². The number of para-hydroxylation sites is 1. The van der Waals surface area contributed by atoms with Crippen molar-refractivity contribution >= 4 is 38.9 Å². The molecule has 4 rings (SSSR count). The number of ether oxygens (including phenoxy) is 2. The lowest BCUT2D eigenvalue weighted by Gasteiger charge is -2.06. The molecule has 2 aromatic heterocycles. The van der Waals surface area contributed by atoms with E-state index in [0.717, 1.165) is 25.9 Å². The summed E-state index contributed by atoms with van der Waals surface area (Å²) in [5.41, 5.74) is 2.30. The quantitative estimate of drug-likeness (QED) is 0.429. The van der Waals surface area contributed by atoms with Gasteiger partial charge in [0.25, 0.3) is 0 Å². The second-order valence-electron chi connectivity index (χ2n) is 5.82. The van der Waals surface area contributed by atoms with Crippen molar-refractivity contribution in [2.75, 3.05) is 0 Å². The SMILES string of the molecule is Cc1nc(COc2ccc(C(=O)OCc3nc4ccccc4s3)cc2)cs1. The zero-order valence-electron chi connectivity index (χ0n) is 14.5. The molecule has 4 aromatic rings.